The number of nitrogens with one attached hydrogen (secondary N) is 2. The van der Waals surface area contributed by atoms with Gasteiger partial charge in [0.05, 0.1) is 6.54 Å². The minimum Gasteiger partial charge on any atom is -0.459 e. The van der Waals surface area contributed by atoms with Gasteiger partial charge in [-0.2, -0.15) is 0 Å². The van der Waals surface area contributed by atoms with Crippen LogP contribution < -0.4 is 10.6 Å². The van der Waals surface area contributed by atoms with Crippen LogP contribution in [0.5, 0.6) is 0 Å². The highest BCUT2D eigenvalue weighted by atomic mass is 19.1. The maximum atomic E-state index is 13.8. The summed E-state index contributed by atoms with van der Waals surface area (Å²) >= 11 is 0. The highest BCUT2D eigenvalue weighted by Crippen LogP contribution is 2.19. The predicted molar refractivity (Wildman–Crippen MR) is 101 cm³/mol. The number of para-hydroxylation sites is 1. The lowest BCUT2D eigenvalue weighted by Gasteiger charge is -2.21. The molecule has 1 atom stereocenters. The van der Waals surface area contributed by atoms with Gasteiger partial charge in [0.1, 0.15) is 34.6 Å². The molecule has 1 aromatic heterocycles. The molecule has 0 aliphatic heterocycles. The number of hydrogen-bond acceptors (Lipinski definition) is 3. The van der Waals surface area contributed by atoms with Crippen LogP contribution in [0, 0.1) is 17.6 Å². The topological polar surface area (TPSA) is 71.3 Å². The van der Waals surface area contributed by atoms with Crippen molar-refractivity contribution >= 4 is 22.8 Å². The van der Waals surface area contributed by atoms with E-state index in [1.807, 2.05) is 30.3 Å². The Morgan fingerprint density at radius 3 is 2.36 bits per heavy atom. The molecule has 1 unspecified atom stereocenters. The van der Waals surface area contributed by atoms with Crippen LogP contribution in [0.15, 0.2) is 52.9 Å². The molecule has 0 aliphatic carbocycles. The van der Waals surface area contributed by atoms with Gasteiger partial charge in [0, 0.05) is 5.39 Å². The molecule has 2 amide bonds. The zero-order valence-corrected chi connectivity index (χ0v) is 15.5. The molecule has 5 nitrogen and oxygen atoms in total. The minimum atomic E-state index is -0.984. The highest BCUT2D eigenvalue weighted by molar-refractivity contribution is 5.98. The summed E-state index contributed by atoms with van der Waals surface area (Å²) in [5.41, 5.74) is -0.00581. The number of halogens is 2. The first-order valence-electron chi connectivity index (χ1n) is 8.87. The molecule has 0 aliphatic rings. The summed E-state index contributed by atoms with van der Waals surface area (Å²) in [6.07, 6.45) is 0. The van der Waals surface area contributed by atoms with Crippen molar-refractivity contribution in [2.45, 2.75) is 26.4 Å². The van der Waals surface area contributed by atoms with Gasteiger partial charge < -0.3 is 15.1 Å². The third kappa shape index (κ3) is 4.19. The van der Waals surface area contributed by atoms with Crippen LogP contribution in [0.25, 0.3) is 11.0 Å². The van der Waals surface area contributed by atoms with Crippen molar-refractivity contribution in [1.82, 2.24) is 10.6 Å². The van der Waals surface area contributed by atoms with Gasteiger partial charge in [-0.3, -0.25) is 9.59 Å². The normalized spacial score (nSPS) is 12.2. The fraction of sp³-hybridized carbons (Fsp3) is 0.238. The Morgan fingerprint density at radius 2 is 1.71 bits per heavy atom. The lowest BCUT2D eigenvalue weighted by atomic mass is 10.0. The second-order valence-electron chi connectivity index (χ2n) is 6.76. The summed E-state index contributed by atoms with van der Waals surface area (Å²) in [5.74, 6) is -3.16. The summed E-state index contributed by atoms with van der Waals surface area (Å²) in [5, 5.41) is 6.02. The maximum Gasteiger partial charge on any atom is 0.257 e. The molecule has 146 valence electrons. The number of carbonyl (C=O) groups excluding carboxylic acids is 2. The van der Waals surface area contributed by atoms with E-state index in [-0.39, 0.29) is 12.5 Å². The molecule has 2 N–H and O–H groups in total. The lowest BCUT2D eigenvalue weighted by Crippen LogP contribution is -2.49. The van der Waals surface area contributed by atoms with Crippen LogP contribution in [-0.2, 0) is 11.3 Å². The Morgan fingerprint density at radius 1 is 1.04 bits per heavy atom. The fourth-order valence-electron chi connectivity index (χ4n) is 2.87. The maximum absolute atomic E-state index is 13.8. The second-order valence-corrected chi connectivity index (χ2v) is 6.76. The molecule has 3 rings (SSSR count). The quantitative estimate of drug-likeness (QED) is 0.677. The highest BCUT2D eigenvalue weighted by Gasteiger charge is 2.27. The van der Waals surface area contributed by atoms with Gasteiger partial charge in [0.15, 0.2) is 0 Å². The average molecular weight is 386 g/mol. The Balaban J connectivity index is 1.69. The number of furan rings is 1. The second kappa shape index (κ2) is 8.21. The van der Waals surface area contributed by atoms with E-state index >= 15 is 0 Å². The molecule has 2 aromatic carbocycles. The minimum absolute atomic E-state index is 0.126. The van der Waals surface area contributed by atoms with Crippen LogP contribution in [-0.4, -0.2) is 17.9 Å². The van der Waals surface area contributed by atoms with Crippen LogP contribution in [0.3, 0.4) is 0 Å². The number of hydrogen-bond donors (Lipinski definition) is 2. The predicted octanol–water partition coefficient (Wildman–Crippen LogP) is 3.78. The van der Waals surface area contributed by atoms with Crippen molar-refractivity contribution < 1.29 is 22.8 Å². The number of fused-ring (bicyclic) bond motifs is 1. The van der Waals surface area contributed by atoms with Gasteiger partial charge in [-0.05, 0) is 30.2 Å². The lowest BCUT2D eigenvalue weighted by molar-refractivity contribution is -0.124. The molecule has 0 saturated heterocycles. The van der Waals surface area contributed by atoms with Crippen LogP contribution in [0.1, 0.15) is 30.0 Å². The average Bonchev–Trinajstić information content (AvgIpc) is 3.06. The van der Waals surface area contributed by atoms with E-state index < -0.39 is 35.1 Å². The monoisotopic (exact) mass is 386 g/mol. The first-order chi connectivity index (χ1) is 13.4. The van der Waals surface area contributed by atoms with Crippen LogP contribution in [0.2, 0.25) is 0 Å². The number of amides is 2. The Bertz CT molecular complexity index is 961. The van der Waals surface area contributed by atoms with Crippen molar-refractivity contribution in [3.63, 3.8) is 0 Å². The van der Waals surface area contributed by atoms with E-state index in [4.69, 9.17) is 4.42 Å². The summed E-state index contributed by atoms with van der Waals surface area (Å²) in [6.45, 7) is 3.58. The van der Waals surface area contributed by atoms with Crippen molar-refractivity contribution in [1.29, 1.82) is 0 Å². The molecule has 0 radical (unpaired) electrons. The molecule has 7 heteroatoms. The zero-order valence-electron chi connectivity index (χ0n) is 15.5. The number of benzene rings is 2. The Hall–Kier alpha value is -3.22. The van der Waals surface area contributed by atoms with Gasteiger partial charge >= 0.3 is 0 Å². The number of carbonyl (C=O) groups is 2. The van der Waals surface area contributed by atoms with Crippen molar-refractivity contribution in [2.24, 2.45) is 5.92 Å². The molecule has 0 saturated carbocycles. The molecule has 0 bridgehead atoms. The molecular weight excluding hydrogens is 366 g/mol. The van der Waals surface area contributed by atoms with Gasteiger partial charge in [0.25, 0.3) is 5.91 Å². The molecule has 28 heavy (non-hydrogen) atoms. The Kier molecular flexibility index (Phi) is 5.73. The van der Waals surface area contributed by atoms with E-state index in [1.165, 1.54) is 6.07 Å². The van der Waals surface area contributed by atoms with E-state index in [2.05, 4.69) is 10.6 Å². The van der Waals surface area contributed by atoms with E-state index in [9.17, 15) is 18.4 Å². The van der Waals surface area contributed by atoms with Crippen molar-refractivity contribution in [3.05, 3.63) is 71.5 Å². The van der Waals surface area contributed by atoms with Gasteiger partial charge in [-0.1, -0.05) is 38.1 Å². The third-order valence-corrected chi connectivity index (χ3v) is 4.34. The summed E-state index contributed by atoms with van der Waals surface area (Å²) in [4.78, 5) is 24.9. The van der Waals surface area contributed by atoms with E-state index in [1.54, 1.807) is 13.8 Å². The zero-order chi connectivity index (χ0) is 20.3. The molecule has 3 aromatic rings. The number of rotatable bonds is 6. The first-order valence-corrected chi connectivity index (χ1v) is 8.87. The molecule has 0 fully saturated rings. The summed E-state index contributed by atoms with van der Waals surface area (Å²) < 4.78 is 33.3. The van der Waals surface area contributed by atoms with Crippen molar-refractivity contribution in [2.75, 3.05) is 0 Å². The van der Waals surface area contributed by atoms with E-state index in [0.29, 0.717) is 11.3 Å². The summed E-state index contributed by atoms with van der Waals surface area (Å²) in [6, 6.07) is 11.4. The van der Waals surface area contributed by atoms with Gasteiger partial charge in [-0.15, -0.1) is 0 Å². The smallest absolute Gasteiger partial charge is 0.257 e. The van der Waals surface area contributed by atoms with Crippen LogP contribution in [0.4, 0.5) is 8.78 Å². The van der Waals surface area contributed by atoms with Gasteiger partial charge in [-0.25, -0.2) is 8.78 Å². The van der Waals surface area contributed by atoms with Gasteiger partial charge in [0.2, 0.25) is 5.91 Å². The largest absolute Gasteiger partial charge is 0.459 e. The Labute approximate surface area is 160 Å². The fourth-order valence-corrected chi connectivity index (χ4v) is 2.87. The molecular formula is C21H20F2N2O3. The summed E-state index contributed by atoms with van der Waals surface area (Å²) in [7, 11) is 0. The van der Waals surface area contributed by atoms with E-state index in [0.717, 1.165) is 17.5 Å². The first kappa shape index (κ1) is 19.5. The molecule has 0 spiro atoms. The molecule has 1 heterocycles. The van der Waals surface area contributed by atoms with Crippen LogP contribution >= 0.6 is 0 Å². The standard InChI is InChI=1S/C21H20F2N2O3/c1-12(2)19(25-20(26)18-15(22)7-5-8-16(18)23)21(27)24-11-14-10-13-6-3-4-9-17(13)28-14/h3-10,12,19H,11H2,1-2H3,(H,24,27)(H,25,26). The van der Waals surface area contributed by atoms with Crippen molar-refractivity contribution in [3.8, 4) is 0 Å². The third-order valence-electron chi connectivity index (χ3n) is 4.34. The SMILES string of the molecule is CC(C)C(NC(=O)c1c(F)cccc1F)C(=O)NCc1cc2ccccc2o1.